The minimum Gasteiger partial charge on any atom is -0.546 e. The molecule has 2 aromatic carbocycles. The van der Waals surface area contributed by atoms with E-state index in [0.717, 1.165) is 5.56 Å². The minimum absolute atomic E-state index is 0.337. The predicted octanol–water partition coefficient (Wildman–Crippen LogP) is 0.978. The van der Waals surface area contributed by atoms with Crippen LogP contribution in [-0.2, 0) is 4.79 Å². The molecule has 7 nitrogen and oxygen atoms in total. The van der Waals surface area contributed by atoms with Crippen LogP contribution in [0.3, 0.4) is 0 Å². The van der Waals surface area contributed by atoms with E-state index in [1.54, 1.807) is 62.6 Å². The summed E-state index contributed by atoms with van der Waals surface area (Å²) in [7, 11) is 1.55. The second-order valence-corrected chi connectivity index (χ2v) is 5.05. The van der Waals surface area contributed by atoms with Crippen molar-refractivity contribution in [2.45, 2.75) is 6.92 Å². The molecular formula is C18H17N2O5-. The lowest BCUT2D eigenvalue weighted by Gasteiger charge is -2.08. The average molecular weight is 341 g/mol. The Balaban J connectivity index is 1.97. The maximum atomic E-state index is 12.0. The van der Waals surface area contributed by atoms with Crippen molar-refractivity contribution in [2.75, 3.05) is 13.7 Å². The molecule has 0 fully saturated rings. The molecule has 1 N–H and O–H groups in total. The van der Waals surface area contributed by atoms with E-state index in [-0.39, 0.29) is 5.91 Å². The minimum atomic E-state index is -1.29. The van der Waals surface area contributed by atoms with Crippen molar-refractivity contribution >= 4 is 17.6 Å². The smallest absolute Gasteiger partial charge is 0.271 e. The molecule has 0 unspecified atom stereocenters. The SMILES string of the molecule is COc1ccc(C(=O)N/N=C(/C)c2ccc(OCC(=O)[O-])cc2)cc1. The molecule has 0 spiro atoms. The summed E-state index contributed by atoms with van der Waals surface area (Å²) >= 11 is 0. The predicted molar refractivity (Wildman–Crippen MR) is 89.6 cm³/mol. The number of carbonyl (C=O) groups excluding carboxylic acids is 2. The molecule has 0 aliphatic carbocycles. The fourth-order valence-electron chi connectivity index (χ4n) is 1.94. The first-order valence-corrected chi connectivity index (χ1v) is 7.41. The number of rotatable bonds is 7. The zero-order valence-electron chi connectivity index (χ0n) is 13.8. The zero-order chi connectivity index (χ0) is 18.2. The van der Waals surface area contributed by atoms with E-state index in [1.165, 1.54) is 0 Å². The Labute approximate surface area is 144 Å². The van der Waals surface area contributed by atoms with Crippen LogP contribution in [0.4, 0.5) is 0 Å². The van der Waals surface area contributed by atoms with Gasteiger partial charge in [0.1, 0.15) is 18.1 Å². The van der Waals surface area contributed by atoms with E-state index in [4.69, 9.17) is 9.47 Å². The molecule has 0 saturated carbocycles. The Morgan fingerprint density at radius 2 is 1.56 bits per heavy atom. The highest BCUT2D eigenvalue weighted by atomic mass is 16.5. The summed E-state index contributed by atoms with van der Waals surface area (Å²) in [5.74, 6) is -0.556. The van der Waals surface area contributed by atoms with E-state index in [9.17, 15) is 14.7 Å². The third-order valence-electron chi connectivity index (χ3n) is 3.31. The van der Waals surface area contributed by atoms with Gasteiger partial charge in [-0.25, -0.2) is 5.43 Å². The number of methoxy groups -OCH3 is 1. The van der Waals surface area contributed by atoms with Gasteiger partial charge >= 0.3 is 0 Å². The van der Waals surface area contributed by atoms with E-state index >= 15 is 0 Å². The van der Waals surface area contributed by atoms with E-state index < -0.39 is 12.6 Å². The molecule has 0 heterocycles. The first-order chi connectivity index (χ1) is 12.0. The number of carboxylic acid groups (broad SMARTS) is 1. The van der Waals surface area contributed by atoms with Gasteiger partial charge in [-0.3, -0.25) is 4.79 Å². The number of amides is 1. The molecule has 7 heteroatoms. The highest BCUT2D eigenvalue weighted by Crippen LogP contribution is 2.13. The monoisotopic (exact) mass is 341 g/mol. The second kappa shape index (κ2) is 8.49. The summed E-state index contributed by atoms with van der Waals surface area (Å²) in [5, 5.41) is 14.4. The number of aliphatic carboxylic acids is 1. The average Bonchev–Trinajstić information content (AvgIpc) is 2.64. The number of carbonyl (C=O) groups is 2. The first kappa shape index (κ1) is 18.0. The summed E-state index contributed by atoms with van der Waals surface area (Å²) in [6.45, 7) is 1.23. The van der Waals surface area contributed by atoms with Crippen LogP contribution in [0.25, 0.3) is 0 Å². The Morgan fingerprint density at radius 3 is 2.12 bits per heavy atom. The quantitative estimate of drug-likeness (QED) is 0.598. The van der Waals surface area contributed by atoms with Crippen LogP contribution in [-0.4, -0.2) is 31.3 Å². The third kappa shape index (κ3) is 5.35. The topological polar surface area (TPSA) is 100 Å². The number of nitrogens with one attached hydrogen (secondary N) is 1. The highest BCUT2D eigenvalue weighted by molar-refractivity contribution is 6.00. The standard InChI is InChI=1S/C18H18N2O5/c1-12(13-3-9-16(10-4-13)25-11-17(21)22)19-20-18(23)14-5-7-15(24-2)8-6-14/h3-10H,11H2,1-2H3,(H,20,23)(H,21,22)/p-1/b19-12-. The number of carboxylic acids is 1. The van der Waals surface area contributed by atoms with Crippen molar-refractivity contribution in [3.63, 3.8) is 0 Å². The van der Waals surface area contributed by atoms with Crippen LogP contribution in [0, 0.1) is 0 Å². The maximum Gasteiger partial charge on any atom is 0.271 e. The molecule has 130 valence electrons. The van der Waals surface area contributed by atoms with Gasteiger partial charge in [0.2, 0.25) is 0 Å². The van der Waals surface area contributed by atoms with Gasteiger partial charge in [0.15, 0.2) is 0 Å². The zero-order valence-corrected chi connectivity index (χ0v) is 13.8. The molecule has 1 amide bonds. The lowest BCUT2D eigenvalue weighted by atomic mass is 10.1. The molecule has 0 saturated heterocycles. The van der Waals surface area contributed by atoms with Crippen molar-refractivity contribution in [1.29, 1.82) is 0 Å². The van der Waals surface area contributed by atoms with Gasteiger partial charge in [-0.2, -0.15) is 5.10 Å². The molecule has 0 atom stereocenters. The van der Waals surface area contributed by atoms with Gasteiger partial charge < -0.3 is 19.4 Å². The number of ether oxygens (including phenoxy) is 2. The maximum absolute atomic E-state index is 12.0. The van der Waals surface area contributed by atoms with Crippen molar-refractivity contribution < 1.29 is 24.2 Å². The van der Waals surface area contributed by atoms with Gasteiger partial charge in [0.05, 0.1) is 18.8 Å². The molecule has 0 radical (unpaired) electrons. The van der Waals surface area contributed by atoms with Crippen molar-refractivity contribution in [2.24, 2.45) is 5.10 Å². The Morgan fingerprint density at radius 1 is 1.00 bits per heavy atom. The van der Waals surface area contributed by atoms with Gasteiger partial charge in [-0.1, -0.05) is 0 Å². The molecule has 0 aliphatic heterocycles. The van der Waals surface area contributed by atoms with Crippen molar-refractivity contribution in [3.05, 3.63) is 59.7 Å². The molecule has 2 rings (SSSR count). The van der Waals surface area contributed by atoms with E-state index in [2.05, 4.69) is 10.5 Å². The normalized spacial score (nSPS) is 10.9. The number of hydrazone groups is 1. The third-order valence-corrected chi connectivity index (χ3v) is 3.31. The van der Waals surface area contributed by atoms with Gasteiger partial charge in [-0.15, -0.1) is 0 Å². The Hall–Kier alpha value is -3.35. The summed E-state index contributed by atoms with van der Waals surface area (Å²) in [6, 6.07) is 13.3. The summed E-state index contributed by atoms with van der Waals surface area (Å²) in [5.41, 5.74) is 4.29. The first-order valence-electron chi connectivity index (χ1n) is 7.41. The van der Waals surface area contributed by atoms with Crippen LogP contribution in [0.2, 0.25) is 0 Å². The largest absolute Gasteiger partial charge is 0.546 e. The molecule has 0 bridgehead atoms. The van der Waals surface area contributed by atoms with Crippen molar-refractivity contribution in [3.8, 4) is 11.5 Å². The van der Waals surface area contributed by atoms with Gasteiger partial charge in [0.25, 0.3) is 5.91 Å². The Kier molecular flexibility index (Phi) is 6.11. The second-order valence-electron chi connectivity index (χ2n) is 5.05. The summed E-state index contributed by atoms with van der Waals surface area (Å²) in [4.78, 5) is 22.4. The summed E-state index contributed by atoms with van der Waals surface area (Å²) < 4.78 is 10.0. The van der Waals surface area contributed by atoms with Gasteiger partial charge in [-0.05, 0) is 61.0 Å². The van der Waals surface area contributed by atoms with E-state index in [0.29, 0.717) is 22.8 Å². The number of hydrogen-bond donors (Lipinski definition) is 1. The molecular weight excluding hydrogens is 324 g/mol. The molecule has 2 aromatic rings. The fraction of sp³-hybridized carbons (Fsp3) is 0.167. The van der Waals surface area contributed by atoms with Gasteiger partial charge in [0, 0.05) is 5.56 Å². The van der Waals surface area contributed by atoms with Crippen LogP contribution in [0.5, 0.6) is 11.5 Å². The Bertz CT molecular complexity index is 767. The number of hydrogen-bond acceptors (Lipinski definition) is 6. The lowest BCUT2D eigenvalue weighted by molar-refractivity contribution is -0.307. The molecule has 25 heavy (non-hydrogen) atoms. The van der Waals surface area contributed by atoms with Crippen LogP contribution < -0.4 is 20.0 Å². The van der Waals surface area contributed by atoms with E-state index in [1.807, 2.05) is 0 Å². The summed E-state index contributed by atoms with van der Waals surface area (Å²) in [6.07, 6.45) is 0. The fourth-order valence-corrected chi connectivity index (χ4v) is 1.94. The van der Waals surface area contributed by atoms with Crippen molar-refractivity contribution in [1.82, 2.24) is 5.43 Å². The molecule has 0 aromatic heterocycles. The number of nitrogens with zero attached hydrogens (tertiary/aromatic N) is 1. The molecule has 0 aliphatic rings. The van der Waals surface area contributed by atoms with Crippen LogP contribution >= 0.6 is 0 Å². The lowest BCUT2D eigenvalue weighted by Crippen LogP contribution is -2.28. The highest BCUT2D eigenvalue weighted by Gasteiger charge is 2.05. The number of benzene rings is 2. The van der Waals surface area contributed by atoms with Crippen LogP contribution in [0.15, 0.2) is 53.6 Å². The van der Waals surface area contributed by atoms with Crippen LogP contribution in [0.1, 0.15) is 22.8 Å².